The number of amides is 1. The smallest absolute Gasteiger partial charge is 0.252 e. The first-order valence-corrected chi connectivity index (χ1v) is 8.65. The Kier molecular flexibility index (Phi) is 7.20. The van der Waals surface area contributed by atoms with E-state index in [2.05, 4.69) is 11.9 Å². The third-order valence-electron chi connectivity index (χ3n) is 4.15. The second-order valence-corrected chi connectivity index (χ2v) is 6.09. The Bertz CT molecular complexity index is 688. The van der Waals surface area contributed by atoms with E-state index >= 15 is 0 Å². The van der Waals surface area contributed by atoms with Gasteiger partial charge in [0.2, 0.25) is 0 Å². The number of hydrogen-bond donors (Lipinski definition) is 1. The van der Waals surface area contributed by atoms with Gasteiger partial charge in [-0.2, -0.15) is 0 Å². The van der Waals surface area contributed by atoms with E-state index in [1.807, 2.05) is 37.3 Å². The van der Waals surface area contributed by atoms with Gasteiger partial charge in [-0.15, -0.1) is 0 Å². The van der Waals surface area contributed by atoms with Crippen LogP contribution in [0.2, 0.25) is 0 Å². The molecule has 1 N–H and O–H groups in total. The van der Waals surface area contributed by atoms with Crippen LogP contribution in [0.25, 0.3) is 5.57 Å². The number of benzene rings is 1. The van der Waals surface area contributed by atoms with Gasteiger partial charge in [0, 0.05) is 5.56 Å². The molecule has 25 heavy (non-hydrogen) atoms. The van der Waals surface area contributed by atoms with Gasteiger partial charge >= 0.3 is 0 Å². The molecular formula is C21H25NO3. The summed E-state index contributed by atoms with van der Waals surface area (Å²) in [5, 5.41) is 2.84. The predicted octanol–water partition coefficient (Wildman–Crippen LogP) is 4.05. The molecule has 1 atom stereocenters. The highest BCUT2D eigenvalue weighted by Crippen LogP contribution is 2.22. The van der Waals surface area contributed by atoms with Crippen molar-refractivity contribution in [3.63, 3.8) is 0 Å². The lowest BCUT2D eigenvalue weighted by Gasteiger charge is -2.16. The van der Waals surface area contributed by atoms with Crippen molar-refractivity contribution in [2.75, 3.05) is 6.61 Å². The molecule has 132 valence electrons. The van der Waals surface area contributed by atoms with Crippen LogP contribution >= 0.6 is 0 Å². The second kappa shape index (κ2) is 9.62. The molecule has 0 bridgehead atoms. The van der Waals surface area contributed by atoms with Gasteiger partial charge in [0.1, 0.15) is 12.0 Å². The lowest BCUT2D eigenvalue weighted by atomic mass is 9.99. The Labute approximate surface area is 149 Å². The molecule has 0 saturated carbocycles. The van der Waals surface area contributed by atoms with Crippen molar-refractivity contribution < 1.29 is 14.3 Å². The summed E-state index contributed by atoms with van der Waals surface area (Å²) in [7, 11) is 0. The van der Waals surface area contributed by atoms with Crippen LogP contribution in [0.1, 0.15) is 48.5 Å². The molecule has 1 aliphatic rings. The number of allylic oxidation sites excluding steroid dienone is 4. The average Bonchev–Trinajstić information content (AvgIpc) is 2.62. The molecule has 1 aromatic rings. The molecule has 0 radical (unpaired) electrons. The van der Waals surface area contributed by atoms with Crippen LogP contribution in [0.5, 0.6) is 0 Å². The molecule has 1 aromatic carbocycles. The Morgan fingerprint density at radius 2 is 1.96 bits per heavy atom. The zero-order valence-corrected chi connectivity index (χ0v) is 14.7. The van der Waals surface area contributed by atoms with Gasteiger partial charge in [0.15, 0.2) is 0 Å². The molecule has 1 heterocycles. The van der Waals surface area contributed by atoms with E-state index in [1.54, 1.807) is 12.1 Å². The van der Waals surface area contributed by atoms with E-state index in [0.717, 1.165) is 42.4 Å². The van der Waals surface area contributed by atoms with Crippen LogP contribution in [-0.4, -0.2) is 24.8 Å². The number of rotatable bonds is 2. The summed E-state index contributed by atoms with van der Waals surface area (Å²) in [6.07, 6.45) is 9.59. The Morgan fingerprint density at radius 3 is 2.68 bits per heavy atom. The quantitative estimate of drug-likeness (QED) is 0.827. The normalized spacial score (nSPS) is 23.2. The topological polar surface area (TPSA) is 55.4 Å². The van der Waals surface area contributed by atoms with E-state index in [-0.39, 0.29) is 5.91 Å². The van der Waals surface area contributed by atoms with Crippen molar-refractivity contribution in [2.24, 2.45) is 0 Å². The highest BCUT2D eigenvalue weighted by atomic mass is 16.5. The van der Waals surface area contributed by atoms with E-state index in [9.17, 15) is 9.59 Å². The molecule has 1 amide bonds. The highest BCUT2D eigenvalue weighted by Gasteiger charge is 2.17. The van der Waals surface area contributed by atoms with Crippen molar-refractivity contribution in [3.05, 3.63) is 66.0 Å². The van der Waals surface area contributed by atoms with Crippen LogP contribution in [0.4, 0.5) is 0 Å². The van der Waals surface area contributed by atoms with Gasteiger partial charge < -0.3 is 14.8 Å². The Morgan fingerprint density at radius 1 is 1.20 bits per heavy atom. The van der Waals surface area contributed by atoms with Gasteiger partial charge in [-0.1, -0.05) is 37.3 Å². The molecular weight excluding hydrogens is 314 g/mol. The van der Waals surface area contributed by atoms with Crippen molar-refractivity contribution in [2.45, 2.75) is 38.6 Å². The maximum Gasteiger partial charge on any atom is 0.252 e. The molecule has 0 spiro atoms. The zero-order chi connectivity index (χ0) is 18.1. The first-order chi connectivity index (χ1) is 12.2. The summed E-state index contributed by atoms with van der Waals surface area (Å²) in [4.78, 5) is 23.9. The van der Waals surface area contributed by atoms with Gasteiger partial charge in [-0.3, -0.25) is 4.79 Å². The standard InChI is InChI=1S/C21H25NO3/c1-3-9-18-14-16(2)19-11-6-7-12-20(19)21(24)22-17(15-23)10-5-4-8-13-25-18/h3,6-7,9,11-12,14-15,17H,1,4-5,8,10,13H2,2H3,(H,22,24)/b16-14+,18-9+. The van der Waals surface area contributed by atoms with Crippen molar-refractivity contribution in [1.29, 1.82) is 0 Å². The third-order valence-corrected chi connectivity index (χ3v) is 4.15. The number of fused-ring (bicyclic) bond motifs is 1. The maximum absolute atomic E-state index is 12.6. The number of hydrogen-bond acceptors (Lipinski definition) is 3. The first-order valence-electron chi connectivity index (χ1n) is 8.65. The predicted molar refractivity (Wildman–Crippen MR) is 100 cm³/mol. The lowest BCUT2D eigenvalue weighted by Crippen LogP contribution is -2.36. The summed E-state index contributed by atoms with van der Waals surface area (Å²) in [6, 6.07) is 6.93. The van der Waals surface area contributed by atoms with Gasteiger partial charge in [0.25, 0.3) is 5.91 Å². The molecule has 4 heteroatoms. The first kappa shape index (κ1) is 18.7. The van der Waals surface area contributed by atoms with Crippen molar-refractivity contribution >= 4 is 17.8 Å². The Hall–Kier alpha value is -2.62. The van der Waals surface area contributed by atoms with E-state index in [0.29, 0.717) is 18.6 Å². The van der Waals surface area contributed by atoms with Gasteiger partial charge in [0.05, 0.1) is 12.6 Å². The van der Waals surface area contributed by atoms with Crippen LogP contribution in [-0.2, 0) is 9.53 Å². The molecule has 0 saturated heterocycles. The summed E-state index contributed by atoms with van der Waals surface area (Å²) in [6.45, 7) is 6.28. The molecule has 4 nitrogen and oxygen atoms in total. The minimum Gasteiger partial charge on any atom is -0.494 e. The van der Waals surface area contributed by atoms with Crippen molar-refractivity contribution in [1.82, 2.24) is 5.32 Å². The second-order valence-electron chi connectivity index (χ2n) is 6.09. The molecule has 0 fully saturated rings. The number of carbonyl (C=O) groups is 2. The number of aldehydes is 1. The zero-order valence-electron chi connectivity index (χ0n) is 14.7. The number of nitrogens with one attached hydrogen (secondary N) is 1. The highest BCUT2D eigenvalue weighted by molar-refractivity contribution is 6.00. The molecule has 2 rings (SSSR count). The van der Waals surface area contributed by atoms with Gasteiger partial charge in [-0.05, 0) is 55.5 Å². The molecule has 0 aliphatic carbocycles. The summed E-state index contributed by atoms with van der Waals surface area (Å²) in [5.74, 6) is 0.498. The Balaban J connectivity index is 2.41. The SMILES string of the molecule is C=C/C=C1\C=C(/C)c2ccccc2C(=O)NC(C=O)CCCCCO1. The molecule has 0 aromatic heterocycles. The molecule has 1 aliphatic heterocycles. The number of carbonyl (C=O) groups excluding carboxylic acids is 2. The van der Waals surface area contributed by atoms with Crippen LogP contribution in [0, 0.1) is 0 Å². The number of ether oxygens (including phenoxy) is 1. The fraction of sp³-hybridized carbons (Fsp3) is 0.333. The van der Waals surface area contributed by atoms with Crippen LogP contribution in [0.3, 0.4) is 0 Å². The summed E-state index contributed by atoms with van der Waals surface area (Å²) >= 11 is 0. The van der Waals surface area contributed by atoms with E-state index in [4.69, 9.17) is 4.74 Å². The average molecular weight is 339 g/mol. The van der Waals surface area contributed by atoms with Crippen molar-refractivity contribution in [3.8, 4) is 0 Å². The lowest BCUT2D eigenvalue weighted by molar-refractivity contribution is -0.109. The van der Waals surface area contributed by atoms with Crippen LogP contribution < -0.4 is 5.32 Å². The largest absolute Gasteiger partial charge is 0.494 e. The fourth-order valence-corrected chi connectivity index (χ4v) is 2.82. The fourth-order valence-electron chi connectivity index (χ4n) is 2.82. The maximum atomic E-state index is 12.6. The minimum absolute atomic E-state index is 0.229. The third kappa shape index (κ3) is 5.45. The van der Waals surface area contributed by atoms with E-state index in [1.165, 1.54) is 0 Å². The van der Waals surface area contributed by atoms with Crippen LogP contribution in [0.15, 0.2) is 54.8 Å². The molecule has 1 unspecified atom stereocenters. The monoisotopic (exact) mass is 339 g/mol. The van der Waals surface area contributed by atoms with Gasteiger partial charge in [-0.25, -0.2) is 0 Å². The minimum atomic E-state index is -0.454. The summed E-state index contributed by atoms with van der Waals surface area (Å²) < 4.78 is 5.84. The summed E-state index contributed by atoms with van der Waals surface area (Å²) in [5.41, 5.74) is 2.29. The van der Waals surface area contributed by atoms with E-state index < -0.39 is 6.04 Å².